The van der Waals surface area contributed by atoms with E-state index in [-0.39, 0.29) is 0 Å². The van der Waals surface area contributed by atoms with Gasteiger partial charge in [-0.3, -0.25) is 4.57 Å². The normalized spacial score (nSPS) is 14.2. The molecule has 32 heavy (non-hydrogen) atoms. The van der Waals surface area contributed by atoms with Crippen LogP contribution in [0.2, 0.25) is 0 Å². The van der Waals surface area contributed by atoms with E-state index in [1.807, 2.05) is 24.3 Å². The summed E-state index contributed by atoms with van der Waals surface area (Å²) in [6, 6.07) is 25.9. The van der Waals surface area contributed by atoms with E-state index in [1.54, 1.807) is 11.3 Å². The highest BCUT2D eigenvalue weighted by atomic mass is 32.1. The largest absolute Gasteiger partial charge is 0.378 e. The van der Waals surface area contributed by atoms with Crippen LogP contribution in [0.4, 0.5) is 5.69 Å². The van der Waals surface area contributed by atoms with Gasteiger partial charge in [0.15, 0.2) is 5.65 Å². The third-order valence-corrected chi connectivity index (χ3v) is 6.44. The molecule has 6 heteroatoms. The van der Waals surface area contributed by atoms with E-state index in [2.05, 4.69) is 68.8 Å². The first kappa shape index (κ1) is 19.2. The van der Waals surface area contributed by atoms with Crippen LogP contribution in [0.1, 0.15) is 0 Å². The van der Waals surface area contributed by atoms with Gasteiger partial charge in [-0.25, -0.2) is 9.97 Å². The van der Waals surface area contributed by atoms with Crippen LogP contribution in [-0.4, -0.2) is 40.8 Å². The molecule has 2 aromatic carbocycles. The summed E-state index contributed by atoms with van der Waals surface area (Å²) < 4.78 is 7.65. The van der Waals surface area contributed by atoms with Crippen molar-refractivity contribution in [3.05, 3.63) is 83.6 Å². The lowest BCUT2D eigenvalue weighted by atomic mass is 10.1. The van der Waals surface area contributed by atoms with Crippen LogP contribution in [0.3, 0.4) is 0 Å². The molecule has 4 heterocycles. The number of benzene rings is 2. The first-order valence-corrected chi connectivity index (χ1v) is 11.6. The molecule has 5 aromatic rings. The molecule has 1 radical (unpaired) electrons. The quantitative estimate of drug-likeness (QED) is 0.375. The summed E-state index contributed by atoms with van der Waals surface area (Å²) in [7, 11) is 0. The van der Waals surface area contributed by atoms with Crippen LogP contribution in [0, 0.1) is 6.07 Å². The molecule has 0 atom stereocenters. The van der Waals surface area contributed by atoms with E-state index in [4.69, 9.17) is 14.7 Å². The van der Waals surface area contributed by atoms with Crippen LogP contribution in [0.25, 0.3) is 39.5 Å². The summed E-state index contributed by atoms with van der Waals surface area (Å²) in [5.41, 5.74) is 7.10. The Hall–Kier alpha value is -3.48. The first-order chi connectivity index (χ1) is 15.9. The highest BCUT2D eigenvalue weighted by Crippen LogP contribution is 2.31. The minimum atomic E-state index is 0.771. The molecule has 0 N–H and O–H groups in total. The van der Waals surface area contributed by atoms with Crippen molar-refractivity contribution in [1.29, 1.82) is 0 Å². The number of hydrogen-bond acceptors (Lipinski definition) is 5. The molecule has 3 aromatic heterocycles. The molecule has 0 spiro atoms. The van der Waals surface area contributed by atoms with E-state index >= 15 is 0 Å². The zero-order chi connectivity index (χ0) is 21.3. The summed E-state index contributed by atoms with van der Waals surface area (Å²) in [5, 5.41) is 4.20. The van der Waals surface area contributed by atoms with Gasteiger partial charge in [-0.15, -0.1) is 0 Å². The molecule has 0 saturated carbocycles. The standard InChI is InChI=1S/C26H21N4OS/c1-2-6-21(7-3-1)30-25(20-11-16-32-18-20)28-24-10-9-23(27-26(24)30)19-5-4-8-22(17-19)29-12-14-31-15-13-29/h2-11,16-18H,12-15H2. The molecule has 0 bridgehead atoms. The average molecular weight is 438 g/mol. The van der Waals surface area contributed by atoms with Crippen molar-refractivity contribution < 1.29 is 4.74 Å². The van der Waals surface area contributed by atoms with E-state index < -0.39 is 0 Å². The molecule has 1 aliphatic rings. The Kier molecular flexibility index (Phi) is 4.94. The van der Waals surface area contributed by atoms with Gasteiger partial charge in [-0.2, -0.15) is 11.3 Å². The molecule has 1 fully saturated rings. The van der Waals surface area contributed by atoms with Gasteiger partial charge in [0.05, 0.1) is 18.9 Å². The predicted molar refractivity (Wildman–Crippen MR) is 129 cm³/mol. The number of pyridine rings is 1. The first-order valence-electron chi connectivity index (χ1n) is 10.7. The fraction of sp³-hybridized carbons (Fsp3) is 0.154. The van der Waals surface area contributed by atoms with Gasteiger partial charge >= 0.3 is 0 Å². The molecule has 5 nitrogen and oxygen atoms in total. The minimum absolute atomic E-state index is 0.771. The van der Waals surface area contributed by atoms with E-state index in [0.29, 0.717) is 0 Å². The van der Waals surface area contributed by atoms with Crippen molar-refractivity contribution in [2.45, 2.75) is 0 Å². The monoisotopic (exact) mass is 437 g/mol. The lowest BCUT2D eigenvalue weighted by Gasteiger charge is -2.29. The number of rotatable bonds is 4. The number of hydrogen-bond donors (Lipinski definition) is 0. The van der Waals surface area contributed by atoms with Crippen LogP contribution in [0.5, 0.6) is 0 Å². The summed E-state index contributed by atoms with van der Waals surface area (Å²) in [4.78, 5) is 12.4. The molecule has 0 amide bonds. The van der Waals surface area contributed by atoms with Crippen molar-refractivity contribution in [3.8, 4) is 28.3 Å². The molecule has 1 aliphatic heterocycles. The SMILES string of the molecule is [c]1ccc(-n2c(-c3ccsc3)nc3ccc(-c4cccc(N5CCOCC5)c4)nc32)cc1. The smallest absolute Gasteiger partial charge is 0.165 e. The van der Waals surface area contributed by atoms with Gasteiger partial charge in [0, 0.05) is 41.0 Å². The Morgan fingerprint density at radius 3 is 2.56 bits per heavy atom. The van der Waals surface area contributed by atoms with Gasteiger partial charge in [0.1, 0.15) is 11.3 Å². The number of anilines is 1. The molecule has 0 aliphatic carbocycles. The third kappa shape index (κ3) is 3.47. The second-order valence-corrected chi connectivity index (χ2v) is 8.51. The maximum Gasteiger partial charge on any atom is 0.165 e. The van der Waals surface area contributed by atoms with Crippen LogP contribution >= 0.6 is 11.3 Å². The average Bonchev–Trinajstić information content (AvgIpc) is 3.53. The van der Waals surface area contributed by atoms with Crippen molar-refractivity contribution in [3.63, 3.8) is 0 Å². The zero-order valence-electron chi connectivity index (χ0n) is 17.4. The minimum Gasteiger partial charge on any atom is -0.378 e. The van der Waals surface area contributed by atoms with Gasteiger partial charge in [0.25, 0.3) is 0 Å². The number of nitrogens with zero attached hydrogens (tertiary/aromatic N) is 4. The van der Waals surface area contributed by atoms with Gasteiger partial charge in [0.2, 0.25) is 0 Å². The molecule has 1 saturated heterocycles. The second-order valence-electron chi connectivity index (χ2n) is 7.73. The number of ether oxygens (including phenoxy) is 1. The van der Waals surface area contributed by atoms with E-state index in [9.17, 15) is 0 Å². The van der Waals surface area contributed by atoms with Crippen molar-refractivity contribution >= 4 is 28.2 Å². The molecule has 157 valence electrons. The lowest BCUT2D eigenvalue weighted by Crippen LogP contribution is -2.36. The van der Waals surface area contributed by atoms with Crippen molar-refractivity contribution in [1.82, 2.24) is 14.5 Å². The van der Waals surface area contributed by atoms with Crippen molar-refractivity contribution in [2.75, 3.05) is 31.2 Å². The fourth-order valence-corrected chi connectivity index (χ4v) is 4.79. The Labute approximate surface area is 190 Å². The number of morpholine rings is 1. The van der Waals surface area contributed by atoms with Crippen LogP contribution in [0.15, 0.2) is 77.5 Å². The summed E-state index contributed by atoms with van der Waals surface area (Å²) in [5.74, 6) is 0.902. The van der Waals surface area contributed by atoms with E-state index in [1.165, 1.54) is 5.69 Å². The maximum absolute atomic E-state index is 5.51. The number of aromatic nitrogens is 3. The predicted octanol–water partition coefficient (Wildman–Crippen LogP) is 5.45. The van der Waals surface area contributed by atoms with Crippen LogP contribution in [-0.2, 0) is 4.74 Å². The van der Waals surface area contributed by atoms with Gasteiger partial charge < -0.3 is 9.64 Å². The van der Waals surface area contributed by atoms with Crippen LogP contribution < -0.4 is 4.90 Å². The Bertz CT molecular complexity index is 1360. The van der Waals surface area contributed by atoms with Crippen molar-refractivity contribution in [2.24, 2.45) is 0 Å². The Morgan fingerprint density at radius 2 is 1.75 bits per heavy atom. The molecule has 6 rings (SSSR count). The number of imidazole rings is 1. The van der Waals surface area contributed by atoms with Gasteiger partial charge in [-0.1, -0.05) is 24.3 Å². The topological polar surface area (TPSA) is 43.2 Å². The maximum atomic E-state index is 5.51. The Morgan fingerprint density at radius 1 is 0.875 bits per heavy atom. The summed E-state index contributed by atoms with van der Waals surface area (Å²) in [6.45, 7) is 3.37. The second kappa shape index (κ2) is 8.22. The molecular formula is C26H21N4OS. The molecule has 0 unspecified atom stereocenters. The van der Waals surface area contributed by atoms with Gasteiger partial charge in [-0.05, 0) is 53.9 Å². The number of fused-ring (bicyclic) bond motifs is 1. The fourth-order valence-electron chi connectivity index (χ4n) is 4.16. The highest BCUT2D eigenvalue weighted by molar-refractivity contribution is 7.08. The van der Waals surface area contributed by atoms with E-state index in [0.717, 1.165) is 65.8 Å². The third-order valence-electron chi connectivity index (χ3n) is 5.76. The number of thiophene rings is 1. The lowest BCUT2D eigenvalue weighted by molar-refractivity contribution is 0.122. The Balaban J connectivity index is 1.49. The zero-order valence-corrected chi connectivity index (χ0v) is 18.3. The summed E-state index contributed by atoms with van der Waals surface area (Å²) in [6.07, 6.45) is 0. The summed E-state index contributed by atoms with van der Waals surface area (Å²) >= 11 is 1.67. The molecular weight excluding hydrogens is 416 g/mol. The highest BCUT2D eigenvalue weighted by Gasteiger charge is 2.17.